The lowest BCUT2D eigenvalue weighted by molar-refractivity contribution is 0.400. The number of nitrogens with zero attached hydrogens (tertiary/aromatic N) is 4. The summed E-state index contributed by atoms with van der Waals surface area (Å²) < 4.78 is 10.9. The summed E-state index contributed by atoms with van der Waals surface area (Å²) in [6.07, 6.45) is 5.31. The van der Waals surface area contributed by atoms with Gasteiger partial charge < -0.3 is 19.9 Å². The zero-order chi connectivity index (χ0) is 19.6. The van der Waals surface area contributed by atoms with E-state index in [1.54, 1.807) is 19.4 Å². The number of hydrogen-bond donors (Lipinski definition) is 3. The van der Waals surface area contributed by atoms with E-state index in [2.05, 4.69) is 26.0 Å². The number of benzene rings is 1. The van der Waals surface area contributed by atoms with Gasteiger partial charge in [-0.05, 0) is 19.1 Å². The highest BCUT2D eigenvalue weighted by Gasteiger charge is 2.37. The van der Waals surface area contributed by atoms with Gasteiger partial charge in [-0.2, -0.15) is 5.10 Å². The van der Waals surface area contributed by atoms with E-state index in [4.69, 9.17) is 14.3 Å². The van der Waals surface area contributed by atoms with Crippen LogP contribution in [0.3, 0.4) is 0 Å². The summed E-state index contributed by atoms with van der Waals surface area (Å²) >= 11 is 0. The molecule has 3 aromatic rings. The largest absolute Gasteiger partial charge is 0.496 e. The first-order valence-corrected chi connectivity index (χ1v) is 8.73. The lowest BCUT2D eigenvalue weighted by atomic mass is 10.1. The Hall–Kier alpha value is -3.75. The average Bonchev–Trinajstić information content (AvgIpc) is 3.39. The lowest BCUT2D eigenvalue weighted by Gasteiger charge is -2.38. The molecule has 1 unspecified atom stereocenters. The zero-order valence-corrected chi connectivity index (χ0v) is 15.8. The summed E-state index contributed by atoms with van der Waals surface area (Å²) in [6, 6.07) is 11.4. The number of likely N-dealkylation sites (N-methyl/N-ethyl adjacent to an activating group) is 1. The fraction of sp³-hybridized carbons (Fsp3) is 0.211. The number of rotatable bonds is 6. The number of anilines is 2. The van der Waals surface area contributed by atoms with E-state index in [9.17, 15) is 0 Å². The minimum Gasteiger partial charge on any atom is -0.496 e. The van der Waals surface area contributed by atoms with Crippen molar-refractivity contribution >= 4 is 17.5 Å². The maximum Gasteiger partial charge on any atom is 0.234 e. The standard InChI is InChI=1S/C19H21N7O2/c1-13-12-16(25-24-13)22-19(26(2)17-8-10-21-28-17)9-11-20-18(23-19)14-6-4-5-7-15(14)27-3/h4-12H,1-3H3,(H,20,23)(H2,22,24,25). The first-order chi connectivity index (χ1) is 13.6. The lowest BCUT2D eigenvalue weighted by Crippen LogP contribution is -2.53. The van der Waals surface area contributed by atoms with E-state index < -0.39 is 5.79 Å². The van der Waals surface area contributed by atoms with Gasteiger partial charge in [-0.15, -0.1) is 0 Å². The Kier molecular flexibility index (Phi) is 4.48. The summed E-state index contributed by atoms with van der Waals surface area (Å²) in [5.41, 5.74) is 1.77. The second kappa shape index (κ2) is 7.10. The highest BCUT2D eigenvalue weighted by Crippen LogP contribution is 2.30. The first kappa shape index (κ1) is 17.7. The van der Waals surface area contributed by atoms with Crippen molar-refractivity contribution in [3.05, 3.63) is 66.1 Å². The van der Waals surface area contributed by atoms with Crippen molar-refractivity contribution in [2.75, 3.05) is 24.4 Å². The van der Waals surface area contributed by atoms with Gasteiger partial charge in [-0.3, -0.25) is 10.00 Å². The SMILES string of the molecule is COc1ccccc1C1=NC(Nc2cc(C)[nH]n2)(N(C)c2ccno2)C=CN1. The second-order valence-electron chi connectivity index (χ2n) is 6.34. The summed E-state index contributed by atoms with van der Waals surface area (Å²) in [5.74, 6) is 1.57. The maximum absolute atomic E-state index is 5.50. The highest BCUT2D eigenvalue weighted by atomic mass is 16.5. The zero-order valence-electron chi connectivity index (χ0n) is 15.8. The molecule has 1 aliphatic rings. The van der Waals surface area contributed by atoms with Crippen LogP contribution in [0.2, 0.25) is 0 Å². The molecule has 9 heteroatoms. The molecule has 0 radical (unpaired) electrons. The van der Waals surface area contributed by atoms with Gasteiger partial charge in [0, 0.05) is 37.2 Å². The number of aryl methyl sites for hydroxylation is 1. The quantitative estimate of drug-likeness (QED) is 0.565. The van der Waals surface area contributed by atoms with Crippen molar-refractivity contribution < 1.29 is 9.26 Å². The highest BCUT2D eigenvalue weighted by molar-refractivity contribution is 6.02. The van der Waals surface area contributed by atoms with Gasteiger partial charge >= 0.3 is 0 Å². The third-order valence-electron chi connectivity index (χ3n) is 4.46. The minimum atomic E-state index is -0.997. The Bertz CT molecular complexity index is 1010. The number of para-hydroxylation sites is 1. The number of methoxy groups -OCH3 is 1. The van der Waals surface area contributed by atoms with Gasteiger partial charge in [0.1, 0.15) is 11.6 Å². The van der Waals surface area contributed by atoms with Crippen molar-refractivity contribution in [3.63, 3.8) is 0 Å². The Balaban J connectivity index is 1.81. The van der Waals surface area contributed by atoms with Crippen LogP contribution >= 0.6 is 0 Å². The predicted octanol–water partition coefficient (Wildman–Crippen LogP) is 2.48. The molecule has 0 bridgehead atoms. The Morgan fingerprint density at radius 3 is 2.82 bits per heavy atom. The molecule has 3 N–H and O–H groups in total. The molecule has 1 aromatic carbocycles. The van der Waals surface area contributed by atoms with E-state index >= 15 is 0 Å². The molecule has 0 spiro atoms. The molecule has 0 saturated carbocycles. The van der Waals surface area contributed by atoms with Crippen LogP contribution < -0.4 is 20.3 Å². The fourth-order valence-corrected chi connectivity index (χ4v) is 3.02. The molecule has 3 heterocycles. The van der Waals surface area contributed by atoms with Crippen LogP contribution in [-0.2, 0) is 0 Å². The van der Waals surface area contributed by atoms with E-state index in [0.29, 0.717) is 17.5 Å². The third kappa shape index (κ3) is 3.18. The molecule has 1 aliphatic heterocycles. The molecule has 144 valence electrons. The molecular weight excluding hydrogens is 358 g/mol. The van der Waals surface area contributed by atoms with Gasteiger partial charge in [0.05, 0.1) is 18.9 Å². The molecule has 0 amide bonds. The van der Waals surface area contributed by atoms with Crippen LogP contribution in [0.5, 0.6) is 5.75 Å². The van der Waals surface area contributed by atoms with Crippen molar-refractivity contribution in [1.82, 2.24) is 20.7 Å². The Morgan fingerprint density at radius 2 is 2.11 bits per heavy atom. The number of aromatic nitrogens is 3. The smallest absolute Gasteiger partial charge is 0.234 e. The molecule has 4 rings (SSSR count). The summed E-state index contributed by atoms with van der Waals surface area (Å²) in [6.45, 7) is 1.94. The monoisotopic (exact) mass is 379 g/mol. The van der Waals surface area contributed by atoms with Crippen LogP contribution in [-0.4, -0.2) is 41.1 Å². The van der Waals surface area contributed by atoms with Gasteiger partial charge in [-0.25, -0.2) is 4.99 Å². The number of amidine groups is 1. The van der Waals surface area contributed by atoms with Gasteiger partial charge in [0.2, 0.25) is 11.7 Å². The van der Waals surface area contributed by atoms with Gasteiger partial charge in [-0.1, -0.05) is 17.3 Å². The number of aliphatic imine (C=N–C) groups is 1. The van der Waals surface area contributed by atoms with E-state index in [1.165, 1.54) is 0 Å². The molecule has 28 heavy (non-hydrogen) atoms. The van der Waals surface area contributed by atoms with E-state index in [0.717, 1.165) is 17.0 Å². The fourth-order valence-electron chi connectivity index (χ4n) is 3.02. The van der Waals surface area contributed by atoms with Crippen molar-refractivity contribution in [3.8, 4) is 5.75 Å². The Morgan fingerprint density at radius 1 is 1.25 bits per heavy atom. The summed E-state index contributed by atoms with van der Waals surface area (Å²) in [4.78, 5) is 6.81. The van der Waals surface area contributed by atoms with Gasteiger partial charge in [0.15, 0.2) is 5.82 Å². The number of hydrogen-bond acceptors (Lipinski definition) is 8. The maximum atomic E-state index is 5.50. The van der Waals surface area contributed by atoms with E-state index in [-0.39, 0.29) is 0 Å². The summed E-state index contributed by atoms with van der Waals surface area (Å²) in [7, 11) is 3.50. The minimum absolute atomic E-state index is 0.550. The number of nitrogens with one attached hydrogen (secondary N) is 3. The molecule has 0 saturated heterocycles. The molecule has 0 aliphatic carbocycles. The first-order valence-electron chi connectivity index (χ1n) is 8.73. The molecular formula is C19H21N7O2. The molecule has 9 nitrogen and oxygen atoms in total. The van der Waals surface area contributed by atoms with Crippen LogP contribution in [0.4, 0.5) is 11.7 Å². The van der Waals surface area contributed by atoms with Crippen molar-refractivity contribution in [2.45, 2.75) is 12.7 Å². The van der Waals surface area contributed by atoms with Crippen LogP contribution in [0.1, 0.15) is 11.3 Å². The van der Waals surface area contributed by atoms with Gasteiger partial charge in [0.25, 0.3) is 0 Å². The van der Waals surface area contributed by atoms with Crippen LogP contribution in [0, 0.1) is 6.92 Å². The van der Waals surface area contributed by atoms with Crippen molar-refractivity contribution in [2.24, 2.45) is 4.99 Å². The average molecular weight is 379 g/mol. The number of H-pyrrole nitrogens is 1. The van der Waals surface area contributed by atoms with Crippen molar-refractivity contribution in [1.29, 1.82) is 0 Å². The number of aromatic amines is 1. The topological polar surface area (TPSA) is 104 Å². The Labute approximate surface area is 162 Å². The second-order valence-corrected chi connectivity index (χ2v) is 6.34. The molecule has 0 fully saturated rings. The van der Waals surface area contributed by atoms with E-state index in [1.807, 2.05) is 61.5 Å². The number of ether oxygens (including phenoxy) is 1. The van der Waals surface area contributed by atoms with Crippen LogP contribution in [0.25, 0.3) is 0 Å². The molecule has 1 atom stereocenters. The van der Waals surface area contributed by atoms with Crippen LogP contribution in [0.15, 0.2) is 64.4 Å². The summed E-state index contributed by atoms with van der Waals surface area (Å²) in [5, 5.41) is 17.6. The predicted molar refractivity (Wildman–Crippen MR) is 106 cm³/mol. The third-order valence-corrected chi connectivity index (χ3v) is 4.46. The molecule has 2 aromatic heterocycles. The normalized spacial score (nSPS) is 18.3.